The Morgan fingerprint density at radius 2 is 1.68 bits per heavy atom. The van der Waals surface area contributed by atoms with Crippen molar-refractivity contribution in [2.75, 3.05) is 12.3 Å². The van der Waals surface area contributed by atoms with Crippen LogP contribution in [0.2, 0.25) is 0 Å². The summed E-state index contributed by atoms with van der Waals surface area (Å²) in [5, 5.41) is 0. The van der Waals surface area contributed by atoms with E-state index < -0.39 is 0 Å². The summed E-state index contributed by atoms with van der Waals surface area (Å²) in [5.41, 5.74) is 9.64. The molecule has 0 saturated heterocycles. The zero-order valence-electron chi connectivity index (χ0n) is 14.5. The second kappa shape index (κ2) is 7.26. The molecule has 0 saturated carbocycles. The summed E-state index contributed by atoms with van der Waals surface area (Å²) in [6.45, 7) is 4.20. The zero-order valence-corrected chi connectivity index (χ0v) is 14.5. The van der Waals surface area contributed by atoms with E-state index in [-0.39, 0.29) is 12.0 Å². The normalized spacial score (nSPS) is 11.9. The Kier molecular flexibility index (Phi) is 4.89. The number of aromatic nitrogens is 1. The van der Waals surface area contributed by atoms with Gasteiger partial charge in [-0.1, -0.05) is 60.7 Å². The number of esters is 1. The number of anilines is 1. The predicted octanol–water partition coefficient (Wildman–Crippen LogP) is 4.52. The van der Waals surface area contributed by atoms with E-state index in [1.54, 1.807) is 13.0 Å². The molecule has 25 heavy (non-hydrogen) atoms. The number of nitrogens with two attached hydrogens (primary N) is 1. The number of nitrogens with zero attached hydrogens (tertiary/aromatic N) is 1. The van der Waals surface area contributed by atoms with Gasteiger partial charge in [0.2, 0.25) is 0 Å². The van der Waals surface area contributed by atoms with Crippen LogP contribution in [-0.4, -0.2) is 17.1 Å². The van der Waals surface area contributed by atoms with Gasteiger partial charge < -0.3 is 15.0 Å². The maximum Gasteiger partial charge on any atom is 0.340 e. The number of hydrogen-bond acceptors (Lipinski definition) is 3. The van der Waals surface area contributed by atoms with Crippen LogP contribution in [-0.2, 0) is 4.74 Å². The Morgan fingerprint density at radius 1 is 1.08 bits per heavy atom. The van der Waals surface area contributed by atoms with Gasteiger partial charge in [-0.05, 0) is 31.0 Å². The van der Waals surface area contributed by atoms with Crippen molar-refractivity contribution in [2.24, 2.45) is 0 Å². The number of nitrogen functional groups attached to an aromatic ring is 1. The first-order valence-electron chi connectivity index (χ1n) is 8.41. The summed E-state index contributed by atoms with van der Waals surface area (Å²) in [7, 11) is 0. The highest BCUT2D eigenvalue weighted by atomic mass is 16.5. The third-order valence-electron chi connectivity index (χ3n) is 4.28. The van der Waals surface area contributed by atoms with Gasteiger partial charge in [0.25, 0.3) is 0 Å². The van der Waals surface area contributed by atoms with Crippen molar-refractivity contribution in [3.63, 3.8) is 0 Å². The first-order valence-corrected chi connectivity index (χ1v) is 8.41. The minimum atomic E-state index is -0.355. The molecule has 0 radical (unpaired) electrons. The van der Waals surface area contributed by atoms with Crippen LogP contribution in [0, 0.1) is 0 Å². The van der Waals surface area contributed by atoms with Crippen molar-refractivity contribution >= 4 is 11.8 Å². The van der Waals surface area contributed by atoms with Crippen LogP contribution >= 0.6 is 0 Å². The Balaban J connectivity index is 2.19. The quantitative estimate of drug-likeness (QED) is 0.698. The Bertz CT molecular complexity index is 854. The molecule has 1 heterocycles. The van der Waals surface area contributed by atoms with Crippen LogP contribution < -0.4 is 5.73 Å². The average molecular weight is 334 g/mol. The lowest BCUT2D eigenvalue weighted by Crippen LogP contribution is -2.12. The fourth-order valence-electron chi connectivity index (χ4n) is 3.10. The first-order chi connectivity index (χ1) is 12.1. The fraction of sp³-hybridized carbons (Fsp3) is 0.190. The molecule has 128 valence electrons. The van der Waals surface area contributed by atoms with Crippen molar-refractivity contribution in [1.82, 2.24) is 4.57 Å². The SMILES string of the molecule is CCOC(=O)c1cc(N)n([C@H](C)c2ccccc2)c1-c1ccccc1. The molecule has 0 aliphatic rings. The Hall–Kier alpha value is -3.01. The molecule has 4 heteroatoms. The van der Waals surface area contributed by atoms with E-state index in [0.717, 1.165) is 16.8 Å². The van der Waals surface area contributed by atoms with Gasteiger partial charge in [0.15, 0.2) is 0 Å². The fourth-order valence-corrected chi connectivity index (χ4v) is 3.10. The summed E-state index contributed by atoms with van der Waals surface area (Å²) in [6.07, 6.45) is 0. The maximum absolute atomic E-state index is 12.5. The highest BCUT2D eigenvalue weighted by Crippen LogP contribution is 2.35. The van der Waals surface area contributed by atoms with Crippen LogP contribution in [0.4, 0.5) is 5.82 Å². The lowest BCUT2D eigenvalue weighted by Gasteiger charge is -2.20. The number of ether oxygens (including phenoxy) is 1. The standard InChI is InChI=1S/C21H22N2O2/c1-3-25-21(24)18-14-19(22)23(15(2)16-10-6-4-7-11-16)20(18)17-12-8-5-9-13-17/h4-15H,3,22H2,1-2H3/t15-/m1/s1. The highest BCUT2D eigenvalue weighted by Gasteiger charge is 2.24. The summed E-state index contributed by atoms with van der Waals surface area (Å²) in [6, 6.07) is 21.6. The zero-order chi connectivity index (χ0) is 17.8. The van der Waals surface area contributed by atoms with E-state index in [1.807, 2.05) is 53.1 Å². The predicted molar refractivity (Wildman–Crippen MR) is 100 cm³/mol. The molecule has 4 nitrogen and oxygen atoms in total. The molecule has 2 N–H and O–H groups in total. The van der Waals surface area contributed by atoms with Gasteiger partial charge in [0.05, 0.1) is 23.9 Å². The molecule has 0 aliphatic heterocycles. The molecular formula is C21H22N2O2. The monoisotopic (exact) mass is 334 g/mol. The van der Waals surface area contributed by atoms with Gasteiger partial charge in [-0.3, -0.25) is 0 Å². The van der Waals surface area contributed by atoms with Gasteiger partial charge in [-0.25, -0.2) is 4.79 Å². The van der Waals surface area contributed by atoms with E-state index in [4.69, 9.17) is 10.5 Å². The van der Waals surface area contributed by atoms with Gasteiger partial charge in [0, 0.05) is 0 Å². The lowest BCUT2D eigenvalue weighted by atomic mass is 10.0. The molecule has 0 aliphatic carbocycles. The van der Waals surface area contributed by atoms with Crippen molar-refractivity contribution in [3.8, 4) is 11.3 Å². The summed E-state index contributed by atoms with van der Waals surface area (Å²) >= 11 is 0. The van der Waals surface area contributed by atoms with E-state index in [1.165, 1.54) is 0 Å². The smallest absolute Gasteiger partial charge is 0.340 e. The van der Waals surface area contributed by atoms with E-state index in [9.17, 15) is 4.79 Å². The molecule has 3 rings (SSSR count). The minimum Gasteiger partial charge on any atom is -0.462 e. The van der Waals surface area contributed by atoms with E-state index in [2.05, 4.69) is 19.1 Å². The van der Waals surface area contributed by atoms with E-state index >= 15 is 0 Å². The number of carbonyl (C=O) groups excluding carboxylic acids is 1. The number of rotatable bonds is 5. The Labute approximate surface area is 147 Å². The van der Waals surface area contributed by atoms with Crippen LogP contribution in [0.5, 0.6) is 0 Å². The second-order valence-corrected chi connectivity index (χ2v) is 5.87. The molecule has 0 unspecified atom stereocenters. The average Bonchev–Trinajstić information content (AvgIpc) is 3.00. The van der Waals surface area contributed by atoms with Crippen LogP contribution in [0.15, 0.2) is 66.7 Å². The van der Waals surface area contributed by atoms with Crippen LogP contribution in [0.3, 0.4) is 0 Å². The minimum absolute atomic E-state index is 0.0143. The molecule has 1 atom stereocenters. The van der Waals surface area contributed by atoms with Crippen LogP contribution in [0.1, 0.15) is 35.8 Å². The van der Waals surface area contributed by atoms with Crippen molar-refractivity contribution in [1.29, 1.82) is 0 Å². The molecule has 3 aromatic rings. The number of benzene rings is 2. The van der Waals surface area contributed by atoms with Crippen LogP contribution in [0.25, 0.3) is 11.3 Å². The summed E-state index contributed by atoms with van der Waals surface area (Å²) in [5.74, 6) is 0.185. The van der Waals surface area contributed by atoms with Crippen molar-refractivity contribution < 1.29 is 9.53 Å². The van der Waals surface area contributed by atoms with Crippen molar-refractivity contribution in [3.05, 3.63) is 77.9 Å². The summed E-state index contributed by atoms with van der Waals surface area (Å²) in [4.78, 5) is 12.5. The van der Waals surface area contributed by atoms with Gasteiger partial charge in [0.1, 0.15) is 5.82 Å². The lowest BCUT2D eigenvalue weighted by molar-refractivity contribution is 0.0527. The first kappa shape index (κ1) is 16.8. The second-order valence-electron chi connectivity index (χ2n) is 5.87. The number of carbonyl (C=O) groups is 1. The third-order valence-corrected chi connectivity index (χ3v) is 4.28. The molecule has 2 aromatic carbocycles. The Morgan fingerprint density at radius 3 is 2.28 bits per heavy atom. The molecular weight excluding hydrogens is 312 g/mol. The molecule has 0 spiro atoms. The van der Waals surface area contributed by atoms with Gasteiger partial charge in [-0.2, -0.15) is 0 Å². The van der Waals surface area contributed by atoms with Crippen molar-refractivity contribution in [2.45, 2.75) is 19.9 Å². The summed E-state index contributed by atoms with van der Waals surface area (Å²) < 4.78 is 7.23. The number of hydrogen-bond donors (Lipinski definition) is 1. The van der Waals surface area contributed by atoms with Gasteiger partial charge >= 0.3 is 5.97 Å². The molecule has 0 bridgehead atoms. The molecule has 0 amide bonds. The third kappa shape index (κ3) is 3.29. The molecule has 1 aromatic heterocycles. The largest absolute Gasteiger partial charge is 0.462 e. The topological polar surface area (TPSA) is 57.2 Å². The highest BCUT2D eigenvalue weighted by molar-refractivity contribution is 5.98. The maximum atomic E-state index is 12.5. The van der Waals surface area contributed by atoms with E-state index in [0.29, 0.717) is 18.0 Å². The molecule has 0 fully saturated rings. The van der Waals surface area contributed by atoms with Gasteiger partial charge in [-0.15, -0.1) is 0 Å².